The Kier molecular flexibility index (Phi) is 61.7. The van der Waals surface area contributed by atoms with Gasteiger partial charge in [-0.05, 0) is 103 Å². The third-order valence-electron chi connectivity index (χ3n) is 17.2. The van der Waals surface area contributed by atoms with Gasteiger partial charge in [0.1, 0.15) is 24.4 Å². The molecule has 1 fully saturated rings. The van der Waals surface area contributed by atoms with Crippen molar-refractivity contribution in [1.82, 2.24) is 5.32 Å². The Labute approximate surface area is 552 Å². The van der Waals surface area contributed by atoms with Crippen LogP contribution in [0.3, 0.4) is 0 Å². The number of unbranched alkanes of at least 4 members (excludes halogenated alkanes) is 36. The van der Waals surface area contributed by atoms with Crippen molar-refractivity contribution < 1.29 is 49.3 Å². The Morgan fingerprint density at radius 3 is 1.22 bits per heavy atom. The van der Waals surface area contributed by atoms with E-state index in [9.17, 15) is 35.1 Å². The Morgan fingerprint density at radius 1 is 0.444 bits per heavy atom. The van der Waals surface area contributed by atoms with Crippen molar-refractivity contribution in [2.45, 2.75) is 378 Å². The van der Waals surface area contributed by atoms with Crippen LogP contribution in [0.25, 0.3) is 0 Å². The second kappa shape index (κ2) is 65.6. The van der Waals surface area contributed by atoms with E-state index in [2.05, 4.69) is 111 Å². The number of carbonyl (C=O) groups excluding carboxylic acids is 2. The number of nitrogens with one attached hydrogen (secondary N) is 1. The predicted molar refractivity (Wildman–Crippen MR) is 379 cm³/mol. The average molecular weight is 1260 g/mol. The van der Waals surface area contributed by atoms with Gasteiger partial charge in [0.05, 0.1) is 25.4 Å². The molecule has 1 heterocycles. The summed E-state index contributed by atoms with van der Waals surface area (Å²) in [6.07, 6.45) is 78.8. The van der Waals surface area contributed by atoms with Crippen molar-refractivity contribution in [3.05, 3.63) is 97.2 Å². The topological polar surface area (TPSA) is 175 Å². The molecule has 1 aliphatic rings. The highest BCUT2D eigenvalue weighted by Gasteiger charge is 2.47. The highest BCUT2D eigenvalue weighted by molar-refractivity contribution is 5.80. The van der Waals surface area contributed by atoms with Crippen LogP contribution in [0.4, 0.5) is 0 Å². The molecule has 0 aromatic heterocycles. The van der Waals surface area contributed by atoms with Crippen LogP contribution in [-0.4, -0.2) is 99.6 Å². The molecule has 1 amide bonds. The molecular weight excluding hydrogens is 1120 g/mol. The Balaban J connectivity index is 2.54. The number of amides is 1. The molecule has 0 aromatic rings. The quantitative estimate of drug-likeness (QED) is 0.0195. The molecule has 0 saturated carbocycles. The molecular formula is C79H139NO10. The Hall–Kier alpha value is -3.42. The van der Waals surface area contributed by atoms with Gasteiger partial charge in [0.15, 0.2) is 12.4 Å². The molecule has 520 valence electrons. The fourth-order valence-corrected chi connectivity index (χ4v) is 11.4. The fourth-order valence-electron chi connectivity index (χ4n) is 11.4. The van der Waals surface area contributed by atoms with Crippen LogP contribution in [0.1, 0.15) is 329 Å². The summed E-state index contributed by atoms with van der Waals surface area (Å²) in [6.45, 7) is 5.68. The molecule has 8 unspecified atom stereocenters. The highest BCUT2D eigenvalue weighted by Crippen LogP contribution is 2.26. The van der Waals surface area contributed by atoms with Crippen molar-refractivity contribution >= 4 is 11.9 Å². The average Bonchev–Trinajstić information content (AvgIpc) is 3.11. The van der Waals surface area contributed by atoms with Gasteiger partial charge in [-0.3, -0.25) is 9.59 Å². The molecule has 0 bridgehead atoms. The van der Waals surface area contributed by atoms with Crippen molar-refractivity contribution in [3.8, 4) is 0 Å². The zero-order chi connectivity index (χ0) is 65.3. The van der Waals surface area contributed by atoms with E-state index in [0.29, 0.717) is 12.8 Å². The maximum absolute atomic E-state index is 13.5. The van der Waals surface area contributed by atoms with Crippen molar-refractivity contribution in [3.63, 3.8) is 0 Å². The second-order valence-electron chi connectivity index (χ2n) is 25.6. The summed E-state index contributed by atoms with van der Waals surface area (Å²) < 4.78 is 17.7. The lowest BCUT2D eigenvalue weighted by Gasteiger charge is -2.41. The van der Waals surface area contributed by atoms with Crippen LogP contribution < -0.4 is 5.32 Å². The lowest BCUT2D eigenvalue weighted by atomic mass is 9.99. The molecule has 11 heteroatoms. The third-order valence-corrected chi connectivity index (χ3v) is 17.2. The van der Waals surface area contributed by atoms with Crippen LogP contribution in [0.5, 0.6) is 0 Å². The van der Waals surface area contributed by atoms with Gasteiger partial charge < -0.3 is 45.1 Å². The molecule has 11 nitrogen and oxygen atoms in total. The van der Waals surface area contributed by atoms with Gasteiger partial charge in [0.25, 0.3) is 0 Å². The highest BCUT2D eigenvalue weighted by atomic mass is 16.7. The maximum Gasteiger partial charge on any atom is 0.306 e. The zero-order valence-electron chi connectivity index (χ0n) is 58.0. The number of carbonyl (C=O) groups is 2. The standard InChI is InChI=1S/C79H139NO10/c1-4-7-10-13-16-19-22-25-27-29-31-33-35-36-37-39-40-42-44-46-48-51-54-57-60-63-66-72(83)78(87)80-70(71(82)65-62-59-56-53-50-24-21-18-15-12-9-6-3)69-88-79-77(76(86)75(85)73(68-81)89-79)90-74(84)67-64-61-58-55-52-49-47-45-43-41-38-34-32-30-28-26-23-20-17-14-11-8-5-2/h8,11,16-17,19-20,25-28,32,34,41,43,62,65,70-73,75-77,79,81-83,85-86H,4-7,9-10,12-15,18,21-24,29-31,33,35-40,42,44-61,63-64,66-69H2,1-3H3,(H,80,87)/b11-8-,19-16-,20-17-,27-25-,28-26-,34-32-,43-41-,65-62+. The summed E-state index contributed by atoms with van der Waals surface area (Å²) in [5.74, 6) is -1.20. The minimum absolute atomic E-state index is 0.107. The largest absolute Gasteiger partial charge is 0.454 e. The molecule has 1 rings (SSSR count). The summed E-state index contributed by atoms with van der Waals surface area (Å²) in [6, 6.07) is -1.03. The Morgan fingerprint density at radius 2 is 0.800 bits per heavy atom. The number of aliphatic hydroxyl groups is 5. The van der Waals surface area contributed by atoms with Gasteiger partial charge in [0, 0.05) is 6.42 Å². The summed E-state index contributed by atoms with van der Waals surface area (Å²) in [5.41, 5.74) is 0. The van der Waals surface area contributed by atoms with Gasteiger partial charge in [-0.1, -0.05) is 317 Å². The number of hydrogen-bond acceptors (Lipinski definition) is 10. The zero-order valence-corrected chi connectivity index (χ0v) is 58.0. The molecule has 90 heavy (non-hydrogen) atoms. The number of ether oxygens (including phenoxy) is 3. The molecule has 1 aliphatic heterocycles. The van der Waals surface area contributed by atoms with E-state index >= 15 is 0 Å². The van der Waals surface area contributed by atoms with Crippen LogP contribution >= 0.6 is 0 Å². The number of aliphatic hydroxyl groups excluding tert-OH is 5. The monoisotopic (exact) mass is 1260 g/mol. The van der Waals surface area contributed by atoms with Gasteiger partial charge in [-0.15, -0.1) is 0 Å². The third kappa shape index (κ3) is 52.0. The van der Waals surface area contributed by atoms with Gasteiger partial charge >= 0.3 is 5.97 Å². The minimum Gasteiger partial charge on any atom is -0.454 e. The summed E-state index contributed by atoms with van der Waals surface area (Å²) in [4.78, 5) is 26.7. The van der Waals surface area contributed by atoms with Crippen LogP contribution in [0.15, 0.2) is 97.2 Å². The number of hydrogen-bond donors (Lipinski definition) is 6. The van der Waals surface area contributed by atoms with Crippen LogP contribution in [0.2, 0.25) is 0 Å². The Bertz CT molecular complexity index is 1840. The second-order valence-corrected chi connectivity index (χ2v) is 25.6. The lowest BCUT2D eigenvalue weighted by molar-refractivity contribution is -0.305. The fraction of sp³-hybridized carbons (Fsp3) is 0.772. The van der Waals surface area contributed by atoms with Crippen LogP contribution in [0, 0.1) is 0 Å². The van der Waals surface area contributed by atoms with Crippen molar-refractivity contribution in [2.24, 2.45) is 0 Å². The van der Waals surface area contributed by atoms with E-state index in [1.165, 1.54) is 161 Å². The van der Waals surface area contributed by atoms with E-state index in [1.54, 1.807) is 6.08 Å². The van der Waals surface area contributed by atoms with E-state index < -0.39 is 67.4 Å². The lowest BCUT2D eigenvalue weighted by Crippen LogP contribution is -2.61. The molecule has 0 aliphatic carbocycles. The molecule has 1 saturated heterocycles. The molecule has 0 spiro atoms. The SMILES string of the molecule is CC/C=C\C/C=C\C/C=C\C/C=C\C/C=C\CCCCCCCCCC(=O)OC1C(OCC(NC(=O)C(O)CCCCCCCCCCCCCCCCCC/C=C\C/C=C\CCCCC)C(O)/C=C/CCCCCCCCCCCC)OC(CO)C(O)C1O. The number of rotatable bonds is 64. The minimum atomic E-state index is -1.62. The molecule has 8 atom stereocenters. The van der Waals surface area contributed by atoms with E-state index in [1.807, 2.05) is 6.08 Å². The maximum atomic E-state index is 13.5. The first-order valence-corrected chi connectivity index (χ1v) is 37.5. The van der Waals surface area contributed by atoms with Gasteiger partial charge in [-0.25, -0.2) is 0 Å². The van der Waals surface area contributed by atoms with Crippen LogP contribution in [-0.2, 0) is 23.8 Å². The summed E-state index contributed by atoms with van der Waals surface area (Å²) >= 11 is 0. The number of esters is 1. The van der Waals surface area contributed by atoms with Gasteiger partial charge in [0.2, 0.25) is 5.91 Å². The number of allylic oxidation sites excluding steroid dienone is 15. The van der Waals surface area contributed by atoms with Crippen molar-refractivity contribution in [1.29, 1.82) is 0 Å². The molecule has 6 N–H and O–H groups in total. The first kappa shape index (κ1) is 84.6. The first-order chi connectivity index (χ1) is 44.2. The predicted octanol–water partition coefficient (Wildman–Crippen LogP) is 19.8. The molecule has 0 radical (unpaired) electrons. The smallest absolute Gasteiger partial charge is 0.306 e. The van der Waals surface area contributed by atoms with Gasteiger partial charge in [-0.2, -0.15) is 0 Å². The van der Waals surface area contributed by atoms with E-state index in [4.69, 9.17) is 14.2 Å². The van der Waals surface area contributed by atoms with Crippen molar-refractivity contribution in [2.75, 3.05) is 13.2 Å². The normalized spacial score (nSPS) is 18.6. The first-order valence-electron chi connectivity index (χ1n) is 37.5. The molecule has 0 aromatic carbocycles. The summed E-state index contributed by atoms with van der Waals surface area (Å²) in [7, 11) is 0. The van der Waals surface area contributed by atoms with E-state index in [0.717, 1.165) is 122 Å². The van der Waals surface area contributed by atoms with E-state index in [-0.39, 0.29) is 19.4 Å². The summed E-state index contributed by atoms with van der Waals surface area (Å²) in [5, 5.41) is 57.3.